The highest BCUT2D eigenvalue weighted by molar-refractivity contribution is 5.94. The summed E-state index contributed by atoms with van der Waals surface area (Å²) in [6, 6.07) is 5.33. The van der Waals surface area contributed by atoms with Gasteiger partial charge in [0.1, 0.15) is 5.75 Å². The monoisotopic (exact) mass is 441 g/mol. The number of hydrogen-bond donors (Lipinski definition) is 3. The number of rotatable bonds is 8. The van der Waals surface area contributed by atoms with Crippen LogP contribution >= 0.6 is 0 Å². The summed E-state index contributed by atoms with van der Waals surface area (Å²) in [5.74, 6) is -0.497. The zero-order chi connectivity index (χ0) is 22.5. The summed E-state index contributed by atoms with van der Waals surface area (Å²) in [4.78, 5) is 24.4. The zero-order valence-corrected chi connectivity index (χ0v) is 17.7. The molecular weight excluding hydrogens is 411 g/mol. The third kappa shape index (κ3) is 7.41. The number of ether oxygens (including phenoxy) is 1. The molecule has 0 spiro atoms. The van der Waals surface area contributed by atoms with E-state index in [0.29, 0.717) is 19.0 Å². The number of hydrogen-bond acceptors (Lipinski definition) is 4. The molecule has 1 aromatic carbocycles. The average molecular weight is 441 g/mol. The molecule has 0 atom stereocenters. The van der Waals surface area contributed by atoms with Crippen LogP contribution in [-0.2, 0) is 4.79 Å². The molecule has 3 N–H and O–H groups in total. The van der Waals surface area contributed by atoms with Gasteiger partial charge in [-0.25, -0.2) is 0 Å². The molecule has 0 bridgehead atoms. The first-order valence-corrected chi connectivity index (χ1v) is 10.8. The van der Waals surface area contributed by atoms with Crippen molar-refractivity contribution in [3.8, 4) is 5.75 Å². The van der Waals surface area contributed by atoms with Gasteiger partial charge >= 0.3 is 6.36 Å². The highest BCUT2D eigenvalue weighted by Crippen LogP contribution is 2.30. The maximum Gasteiger partial charge on any atom is 0.573 e. The van der Waals surface area contributed by atoms with E-state index in [2.05, 4.69) is 27.6 Å². The summed E-state index contributed by atoms with van der Waals surface area (Å²) in [5, 5.41) is 9.21. The number of alkyl halides is 3. The number of amides is 2. The molecule has 0 radical (unpaired) electrons. The Bertz CT molecular complexity index is 773. The fraction of sp³-hybridized carbons (Fsp3) is 0.636. The Kier molecular flexibility index (Phi) is 7.46. The van der Waals surface area contributed by atoms with Gasteiger partial charge in [-0.1, -0.05) is 6.07 Å². The molecule has 0 unspecified atom stereocenters. The van der Waals surface area contributed by atoms with E-state index in [4.69, 9.17) is 0 Å². The second-order valence-electron chi connectivity index (χ2n) is 8.85. The molecule has 1 aromatic rings. The van der Waals surface area contributed by atoms with Crippen LogP contribution in [0.5, 0.6) is 5.75 Å². The molecule has 2 saturated carbocycles. The Labute approximate surface area is 180 Å². The summed E-state index contributed by atoms with van der Waals surface area (Å²) in [6.45, 7) is 2.86. The Morgan fingerprint density at radius 3 is 2.48 bits per heavy atom. The highest BCUT2D eigenvalue weighted by Gasteiger charge is 2.33. The van der Waals surface area contributed by atoms with Crippen LogP contribution in [0.15, 0.2) is 24.3 Å². The lowest BCUT2D eigenvalue weighted by Gasteiger charge is -2.39. The van der Waals surface area contributed by atoms with Crippen molar-refractivity contribution in [3.05, 3.63) is 29.8 Å². The van der Waals surface area contributed by atoms with Crippen molar-refractivity contribution in [2.24, 2.45) is 5.92 Å². The Morgan fingerprint density at radius 2 is 1.87 bits per heavy atom. The van der Waals surface area contributed by atoms with Crippen LogP contribution in [0.25, 0.3) is 0 Å². The standard InChI is InChI=1S/C22H30F3N3O3/c1-21(10-3-11-21)28-19(29)14-26-17-8-6-15(7-9-17)13-27-20(30)16-4-2-5-18(12-16)31-22(23,24)25/h2,4-5,12,15,17,26H,3,6-11,13-14H2,1H3,(H,27,30)(H,28,29)/t15-,17-. The summed E-state index contributed by atoms with van der Waals surface area (Å²) < 4.78 is 40.9. The SMILES string of the molecule is CC1(NC(=O)CN[C@H]2CC[C@H](CNC(=O)c3cccc(OC(F)(F)F)c3)CC2)CCC1. The van der Waals surface area contributed by atoms with Crippen molar-refractivity contribution in [1.29, 1.82) is 0 Å². The molecule has 172 valence electrons. The summed E-state index contributed by atoms with van der Waals surface area (Å²) in [6.07, 6.45) is 2.10. The molecule has 2 fully saturated rings. The lowest BCUT2D eigenvalue weighted by Crippen LogP contribution is -2.53. The van der Waals surface area contributed by atoms with Crippen LogP contribution in [0.2, 0.25) is 0 Å². The van der Waals surface area contributed by atoms with E-state index < -0.39 is 18.0 Å². The average Bonchev–Trinajstić information content (AvgIpc) is 2.69. The van der Waals surface area contributed by atoms with Gasteiger partial charge in [0, 0.05) is 23.7 Å². The van der Waals surface area contributed by atoms with Crippen molar-refractivity contribution < 1.29 is 27.5 Å². The van der Waals surface area contributed by atoms with Crippen molar-refractivity contribution in [1.82, 2.24) is 16.0 Å². The number of carbonyl (C=O) groups is 2. The molecule has 2 aliphatic carbocycles. The van der Waals surface area contributed by atoms with E-state index in [9.17, 15) is 22.8 Å². The fourth-order valence-corrected chi connectivity index (χ4v) is 4.19. The highest BCUT2D eigenvalue weighted by atomic mass is 19.4. The smallest absolute Gasteiger partial charge is 0.406 e. The number of carbonyl (C=O) groups excluding carboxylic acids is 2. The van der Waals surface area contributed by atoms with Crippen molar-refractivity contribution in [2.75, 3.05) is 13.1 Å². The third-order valence-electron chi connectivity index (χ3n) is 6.18. The number of nitrogens with one attached hydrogen (secondary N) is 3. The quantitative estimate of drug-likeness (QED) is 0.577. The van der Waals surface area contributed by atoms with Crippen molar-refractivity contribution in [3.63, 3.8) is 0 Å². The van der Waals surface area contributed by atoms with E-state index in [1.807, 2.05) is 0 Å². The predicted molar refractivity (Wildman–Crippen MR) is 110 cm³/mol. The van der Waals surface area contributed by atoms with Crippen molar-refractivity contribution in [2.45, 2.75) is 69.8 Å². The van der Waals surface area contributed by atoms with E-state index in [1.165, 1.54) is 12.1 Å². The second-order valence-corrected chi connectivity index (χ2v) is 8.85. The zero-order valence-electron chi connectivity index (χ0n) is 17.7. The van der Waals surface area contributed by atoms with Gasteiger partial charge in [-0.15, -0.1) is 13.2 Å². The fourth-order valence-electron chi connectivity index (χ4n) is 4.19. The first kappa shape index (κ1) is 23.4. The lowest BCUT2D eigenvalue weighted by atomic mass is 9.78. The lowest BCUT2D eigenvalue weighted by molar-refractivity contribution is -0.274. The van der Waals surface area contributed by atoms with E-state index >= 15 is 0 Å². The van der Waals surface area contributed by atoms with Crippen molar-refractivity contribution >= 4 is 11.8 Å². The molecule has 31 heavy (non-hydrogen) atoms. The largest absolute Gasteiger partial charge is 0.573 e. The molecule has 3 rings (SSSR count). The topological polar surface area (TPSA) is 79.5 Å². The minimum atomic E-state index is -4.79. The van der Waals surface area contributed by atoms with Gasteiger partial charge < -0.3 is 20.7 Å². The second kappa shape index (κ2) is 9.89. The number of halogens is 3. The maximum atomic E-state index is 12.3. The Hall–Kier alpha value is -2.29. The van der Waals surface area contributed by atoms with E-state index in [1.54, 1.807) is 0 Å². The van der Waals surface area contributed by atoms with Crippen LogP contribution in [0.1, 0.15) is 62.2 Å². The predicted octanol–water partition coefficient (Wildman–Crippen LogP) is 3.52. The Balaban J connectivity index is 1.35. The van der Waals surface area contributed by atoms with Crippen LogP contribution in [0.4, 0.5) is 13.2 Å². The molecule has 6 nitrogen and oxygen atoms in total. The first-order chi connectivity index (χ1) is 14.6. The molecule has 0 aliphatic heterocycles. The van der Waals surface area contributed by atoms with Gasteiger partial charge in [0.2, 0.25) is 5.91 Å². The minimum absolute atomic E-state index is 0.0347. The normalized spacial score (nSPS) is 22.8. The molecule has 0 saturated heterocycles. The van der Waals surface area contributed by atoms with E-state index in [0.717, 1.165) is 57.1 Å². The molecule has 0 aromatic heterocycles. The van der Waals surface area contributed by atoms with Gasteiger partial charge in [-0.3, -0.25) is 9.59 Å². The molecule has 2 amide bonds. The summed E-state index contributed by atoms with van der Waals surface area (Å²) >= 11 is 0. The third-order valence-corrected chi connectivity index (χ3v) is 6.18. The van der Waals surface area contributed by atoms with Crippen LogP contribution < -0.4 is 20.7 Å². The van der Waals surface area contributed by atoms with E-state index in [-0.39, 0.29) is 23.1 Å². The minimum Gasteiger partial charge on any atom is -0.406 e. The number of benzene rings is 1. The van der Waals surface area contributed by atoms with Gasteiger partial charge in [-0.2, -0.15) is 0 Å². The van der Waals surface area contributed by atoms with Gasteiger partial charge in [0.05, 0.1) is 6.54 Å². The first-order valence-electron chi connectivity index (χ1n) is 10.8. The van der Waals surface area contributed by atoms with Gasteiger partial charge in [-0.05, 0) is 76.0 Å². The van der Waals surface area contributed by atoms with Crippen LogP contribution in [0.3, 0.4) is 0 Å². The van der Waals surface area contributed by atoms with Crippen LogP contribution in [0, 0.1) is 5.92 Å². The molecular formula is C22H30F3N3O3. The van der Waals surface area contributed by atoms with Gasteiger partial charge in [0.15, 0.2) is 0 Å². The maximum absolute atomic E-state index is 12.3. The molecule has 2 aliphatic rings. The van der Waals surface area contributed by atoms with Gasteiger partial charge in [0.25, 0.3) is 5.91 Å². The molecule has 0 heterocycles. The molecule has 9 heteroatoms. The summed E-state index contributed by atoms with van der Waals surface area (Å²) in [5.41, 5.74) is 0.0933. The summed E-state index contributed by atoms with van der Waals surface area (Å²) in [7, 11) is 0. The van der Waals surface area contributed by atoms with Crippen LogP contribution in [-0.4, -0.2) is 42.8 Å². The Morgan fingerprint density at radius 1 is 1.16 bits per heavy atom.